The number of aliphatic hydroxyl groups is 1. The lowest BCUT2D eigenvalue weighted by Gasteiger charge is -2.21. The van der Waals surface area contributed by atoms with Gasteiger partial charge in [0.05, 0.1) is 29.5 Å². The number of β-amino-alcohol motifs (C(OH)–C–C–N with tert-alkyl or cyclic N) is 1. The number of hydrogen-bond acceptors (Lipinski definition) is 11. The van der Waals surface area contributed by atoms with Gasteiger partial charge in [0, 0.05) is 13.0 Å². The fourth-order valence-corrected chi connectivity index (χ4v) is 5.33. The lowest BCUT2D eigenvalue weighted by atomic mass is 10.2. The summed E-state index contributed by atoms with van der Waals surface area (Å²) >= 11 is 0. The number of benzene rings is 1. The molecule has 1 aliphatic rings. The van der Waals surface area contributed by atoms with Crippen molar-refractivity contribution in [3.05, 3.63) is 30.0 Å². The van der Waals surface area contributed by atoms with E-state index < -0.39 is 28.1 Å². The van der Waals surface area contributed by atoms with Crippen molar-refractivity contribution in [1.82, 2.24) is 44.3 Å². The highest BCUT2D eigenvalue weighted by Crippen LogP contribution is 2.28. The first kappa shape index (κ1) is 20.3. The van der Waals surface area contributed by atoms with Crippen molar-refractivity contribution < 1.29 is 23.1 Å². The van der Waals surface area contributed by atoms with Crippen LogP contribution in [0.1, 0.15) is 12.1 Å². The molecule has 1 aromatic carbocycles. The zero-order chi connectivity index (χ0) is 22.6. The molecule has 0 aliphatic carbocycles. The van der Waals surface area contributed by atoms with Crippen LogP contribution in [0.4, 0.5) is 0 Å². The molecule has 1 N–H and O–H groups in total. The number of nitrogens with zero attached hydrogens (tertiary/aromatic N) is 9. The van der Waals surface area contributed by atoms with E-state index in [2.05, 4.69) is 30.7 Å². The Hall–Kier alpha value is -3.56. The summed E-state index contributed by atoms with van der Waals surface area (Å²) in [7, 11) is -2.87. The number of methoxy groups -OCH3 is 1. The van der Waals surface area contributed by atoms with E-state index in [0.717, 1.165) is 4.31 Å². The van der Waals surface area contributed by atoms with Gasteiger partial charge in [-0.1, -0.05) is 9.73 Å². The van der Waals surface area contributed by atoms with Gasteiger partial charge in [0.25, 0.3) is 5.78 Å². The summed E-state index contributed by atoms with van der Waals surface area (Å²) in [5.74, 6) is -0.484. The van der Waals surface area contributed by atoms with E-state index in [-0.39, 0.29) is 23.6 Å². The number of fused-ring (bicyclic) bond motifs is 2. The molecule has 1 aliphatic heterocycles. The number of aliphatic hydroxyl groups excluding tert-OH is 1. The van der Waals surface area contributed by atoms with E-state index in [1.165, 1.54) is 28.6 Å². The Labute approximate surface area is 180 Å². The lowest BCUT2D eigenvalue weighted by molar-refractivity contribution is -0.144. The molecule has 15 heteroatoms. The SMILES string of the molecule is COC(=O)C1CC(O)CN1S(=O)(=O)c1ccc(-n2nc(C)c3nc4nnnn4nc32)cc1. The zero-order valence-corrected chi connectivity index (χ0v) is 17.7. The molecule has 4 aromatic rings. The molecule has 0 bridgehead atoms. The molecule has 2 atom stereocenters. The van der Waals surface area contributed by atoms with Crippen LogP contribution in [0.25, 0.3) is 22.6 Å². The molecule has 1 saturated heterocycles. The smallest absolute Gasteiger partial charge is 0.324 e. The van der Waals surface area contributed by atoms with E-state index >= 15 is 0 Å². The summed E-state index contributed by atoms with van der Waals surface area (Å²) in [5, 5.41) is 29.7. The summed E-state index contributed by atoms with van der Waals surface area (Å²) < 4.78 is 34.6. The number of sulfonamides is 1. The molecule has 4 heterocycles. The molecule has 32 heavy (non-hydrogen) atoms. The van der Waals surface area contributed by atoms with Gasteiger partial charge in [-0.3, -0.25) is 4.79 Å². The molecule has 2 unspecified atom stereocenters. The number of carbonyl (C=O) groups is 1. The van der Waals surface area contributed by atoms with Gasteiger partial charge in [0.2, 0.25) is 15.7 Å². The van der Waals surface area contributed by atoms with Crippen LogP contribution in [0, 0.1) is 6.92 Å². The van der Waals surface area contributed by atoms with Crippen molar-refractivity contribution in [2.45, 2.75) is 30.4 Å². The third-order valence-corrected chi connectivity index (χ3v) is 7.13. The topological polar surface area (TPSA) is 171 Å². The molecule has 5 rings (SSSR count). The van der Waals surface area contributed by atoms with Crippen LogP contribution in [0.15, 0.2) is 29.2 Å². The molecule has 166 valence electrons. The van der Waals surface area contributed by atoms with Crippen LogP contribution in [0.2, 0.25) is 0 Å². The minimum Gasteiger partial charge on any atom is -0.468 e. The number of carbonyl (C=O) groups excluding carboxylic acids is 1. The zero-order valence-electron chi connectivity index (χ0n) is 16.9. The predicted molar refractivity (Wildman–Crippen MR) is 106 cm³/mol. The fourth-order valence-electron chi connectivity index (χ4n) is 3.70. The minimum absolute atomic E-state index is 0.0210. The monoisotopic (exact) mass is 459 g/mol. The van der Waals surface area contributed by atoms with Crippen molar-refractivity contribution >= 4 is 32.9 Å². The molecule has 0 spiro atoms. The largest absolute Gasteiger partial charge is 0.468 e. The number of aryl methyl sites for hydroxylation is 1. The van der Waals surface area contributed by atoms with Gasteiger partial charge in [0.1, 0.15) is 11.6 Å². The standard InChI is InChI=1S/C17H17N9O5S/c1-9-14-15(21-26-17(18-14)19-22-23-26)25(20-9)10-3-5-12(6-4-10)32(29,30)24-8-11(27)7-13(24)16(28)31-2/h3-6,11,13,27H,7-8H2,1-2H3. The number of aromatic nitrogens is 8. The van der Waals surface area contributed by atoms with Crippen molar-refractivity contribution in [3.63, 3.8) is 0 Å². The molecule has 0 saturated carbocycles. The molecular weight excluding hydrogens is 442 g/mol. The quantitative estimate of drug-likeness (QED) is 0.366. The van der Waals surface area contributed by atoms with Crippen molar-refractivity contribution in [2.75, 3.05) is 13.7 Å². The highest BCUT2D eigenvalue weighted by Gasteiger charge is 2.44. The van der Waals surface area contributed by atoms with E-state index in [4.69, 9.17) is 4.74 Å². The van der Waals surface area contributed by atoms with Crippen LogP contribution in [0.5, 0.6) is 0 Å². The summed E-state index contributed by atoms with van der Waals surface area (Å²) in [6.07, 6.45) is -0.972. The predicted octanol–water partition coefficient (Wildman–Crippen LogP) is -1.14. The highest BCUT2D eigenvalue weighted by molar-refractivity contribution is 7.89. The van der Waals surface area contributed by atoms with Crippen LogP contribution < -0.4 is 0 Å². The fraction of sp³-hybridized carbons (Fsp3) is 0.353. The Kier molecular flexibility index (Phi) is 4.61. The van der Waals surface area contributed by atoms with E-state index in [1.807, 2.05) is 0 Å². The van der Waals surface area contributed by atoms with Gasteiger partial charge < -0.3 is 9.84 Å². The number of esters is 1. The Balaban J connectivity index is 1.52. The van der Waals surface area contributed by atoms with Gasteiger partial charge in [-0.15, -0.1) is 5.10 Å². The second-order valence-electron chi connectivity index (χ2n) is 7.25. The number of tetrazole rings is 1. The number of rotatable bonds is 4. The first-order valence-corrected chi connectivity index (χ1v) is 10.9. The first-order valence-electron chi connectivity index (χ1n) is 9.49. The molecule has 0 radical (unpaired) electrons. The summed E-state index contributed by atoms with van der Waals surface area (Å²) in [6, 6.07) is 4.84. The molecular formula is C17H17N9O5S. The molecule has 14 nitrogen and oxygen atoms in total. The van der Waals surface area contributed by atoms with Gasteiger partial charge in [-0.2, -0.15) is 9.40 Å². The normalized spacial score (nSPS) is 19.7. The number of hydrogen-bond donors (Lipinski definition) is 1. The second kappa shape index (κ2) is 7.25. The Morgan fingerprint density at radius 3 is 2.69 bits per heavy atom. The first-order chi connectivity index (χ1) is 15.3. The third kappa shape index (κ3) is 3.09. The lowest BCUT2D eigenvalue weighted by Crippen LogP contribution is -2.41. The van der Waals surface area contributed by atoms with E-state index in [0.29, 0.717) is 22.5 Å². The maximum atomic E-state index is 13.1. The Morgan fingerprint density at radius 2 is 1.97 bits per heavy atom. The molecule has 3 aromatic heterocycles. The molecule has 0 amide bonds. The highest BCUT2D eigenvalue weighted by atomic mass is 32.2. The molecule has 1 fully saturated rings. The van der Waals surface area contributed by atoms with Crippen LogP contribution in [-0.2, 0) is 19.6 Å². The summed E-state index contributed by atoms with van der Waals surface area (Å²) in [4.78, 5) is 16.3. The van der Waals surface area contributed by atoms with Crippen LogP contribution in [-0.4, -0.2) is 89.6 Å². The number of ether oxygens (including phenoxy) is 1. The van der Waals surface area contributed by atoms with Gasteiger partial charge in [-0.05, 0) is 41.6 Å². The maximum Gasteiger partial charge on any atom is 0.324 e. The van der Waals surface area contributed by atoms with Crippen molar-refractivity contribution in [1.29, 1.82) is 0 Å². The average Bonchev–Trinajstić information content (AvgIpc) is 3.49. The van der Waals surface area contributed by atoms with E-state index in [1.54, 1.807) is 19.1 Å². The van der Waals surface area contributed by atoms with Gasteiger partial charge in [-0.25, -0.2) is 18.1 Å². The van der Waals surface area contributed by atoms with Crippen molar-refractivity contribution in [2.24, 2.45) is 0 Å². The van der Waals surface area contributed by atoms with Crippen LogP contribution >= 0.6 is 0 Å². The third-order valence-electron chi connectivity index (χ3n) is 5.24. The summed E-state index contributed by atoms with van der Waals surface area (Å²) in [5.41, 5.74) is 2.04. The van der Waals surface area contributed by atoms with Gasteiger partial charge >= 0.3 is 5.97 Å². The average molecular weight is 459 g/mol. The maximum absolute atomic E-state index is 13.1. The Bertz CT molecular complexity index is 1450. The summed E-state index contributed by atoms with van der Waals surface area (Å²) in [6.45, 7) is 1.57. The Morgan fingerprint density at radius 1 is 1.22 bits per heavy atom. The van der Waals surface area contributed by atoms with Gasteiger partial charge in [0.15, 0.2) is 0 Å². The van der Waals surface area contributed by atoms with Crippen LogP contribution in [0.3, 0.4) is 0 Å². The minimum atomic E-state index is -4.05. The van der Waals surface area contributed by atoms with E-state index in [9.17, 15) is 18.3 Å². The second-order valence-corrected chi connectivity index (χ2v) is 9.14. The van der Waals surface area contributed by atoms with Crippen molar-refractivity contribution in [3.8, 4) is 5.69 Å².